The first kappa shape index (κ1) is 34.5. The number of non-ortho nitro benzene ring substituents is 1. The van der Waals surface area contributed by atoms with E-state index in [0.29, 0.717) is 29.2 Å². The second kappa shape index (κ2) is 14.7. The third-order valence-electron chi connectivity index (χ3n) is 6.38. The number of amides is 4. The van der Waals surface area contributed by atoms with Crippen LogP contribution in [0.1, 0.15) is 50.5 Å². The van der Waals surface area contributed by atoms with E-state index >= 15 is 0 Å². The van der Waals surface area contributed by atoms with Crippen molar-refractivity contribution in [2.45, 2.75) is 46.8 Å². The van der Waals surface area contributed by atoms with Gasteiger partial charge in [0.15, 0.2) is 0 Å². The number of nitro benzene ring substituents is 1. The lowest BCUT2D eigenvalue weighted by Gasteiger charge is -2.34. The number of nitro groups is 1. The molecule has 4 amide bonds. The number of hydrogen-bond acceptors (Lipinski definition) is 7. The number of nitrogens with one attached hydrogen (secondary N) is 3. The molecule has 0 aliphatic heterocycles. The number of ether oxygens (including phenoxy) is 1. The average molecular weight is 619 g/mol. The van der Waals surface area contributed by atoms with E-state index in [1.54, 1.807) is 74.2 Å². The molecule has 0 aromatic heterocycles. The highest BCUT2D eigenvalue weighted by Gasteiger charge is 2.26. The Kier molecular flexibility index (Phi) is 11.3. The van der Waals surface area contributed by atoms with Crippen LogP contribution in [0.2, 0.25) is 0 Å². The van der Waals surface area contributed by atoms with Gasteiger partial charge in [0.2, 0.25) is 0 Å². The lowest BCUT2D eigenvalue weighted by molar-refractivity contribution is -0.384. The summed E-state index contributed by atoms with van der Waals surface area (Å²) in [5.41, 5.74) is 1.45. The Labute approximate surface area is 263 Å². The summed E-state index contributed by atoms with van der Waals surface area (Å²) in [6, 6.07) is 19.0. The summed E-state index contributed by atoms with van der Waals surface area (Å²) in [5.74, 6) is -0.375. The van der Waals surface area contributed by atoms with Crippen LogP contribution in [-0.4, -0.2) is 65.5 Å². The molecule has 0 unspecified atom stereocenters. The lowest BCUT2D eigenvalue weighted by Crippen LogP contribution is -2.44. The highest BCUT2D eigenvalue weighted by molar-refractivity contribution is 6.06. The van der Waals surface area contributed by atoms with Crippen molar-refractivity contribution < 1.29 is 24.0 Å². The van der Waals surface area contributed by atoms with Crippen LogP contribution in [0, 0.1) is 15.5 Å². The molecule has 0 bridgehead atoms. The largest absolute Gasteiger partial charge is 0.444 e. The molecule has 12 heteroatoms. The van der Waals surface area contributed by atoms with Gasteiger partial charge in [0.05, 0.1) is 16.3 Å². The highest BCUT2D eigenvalue weighted by Crippen LogP contribution is 2.24. The second-order valence-electron chi connectivity index (χ2n) is 12.8. The summed E-state index contributed by atoms with van der Waals surface area (Å²) < 4.78 is 5.32. The smallest absolute Gasteiger partial charge is 0.412 e. The zero-order chi connectivity index (χ0) is 33.4. The van der Waals surface area contributed by atoms with Gasteiger partial charge in [-0.15, -0.1) is 0 Å². The van der Waals surface area contributed by atoms with Crippen LogP contribution in [-0.2, 0) is 11.3 Å². The average Bonchev–Trinajstić information content (AvgIpc) is 2.92. The quantitative estimate of drug-likeness (QED) is 0.158. The molecule has 0 spiro atoms. The van der Waals surface area contributed by atoms with Gasteiger partial charge >= 0.3 is 12.1 Å². The van der Waals surface area contributed by atoms with Gasteiger partial charge in [-0.25, -0.2) is 9.59 Å². The first-order chi connectivity index (χ1) is 21.0. The van der Waals surface area contributed by atoms with Gasteiger partial charge in [-0.3, -0.25) is 20.2 Å². The zero-order valence-corrected chi connectivity index (χ0v) is 26.8. The number of carbonyl (C=O) groups excluding carboxylic acids is 3. The maximum atomic E-state index is 13.4. The number of carbonyl (C=O) groups is 3. The Balaban J connectivity index is 1.74. The van der Waals surface area contributed by atoms with E-state index < -0.39 is 16.6 Å². The number of hydrogen-bond donors (Lipinski definition) is 3. The van der Waals surface area contributed by atoms with Crippen LogP contribution >= 0.6 is 0 Å². The van der Waals surface area contributed by atoms with Crippen LogP contribution < -0.4 is 16.0 Å². The third kappa shape index (κ3) is 11.2. The van der Waals surface area contributed by atoms with E-state index in [9.17, 15) is 24.5 Å². The van der Waals surface area contributed by atoms with Crippen molar-refractivity contribution in [1.29, 1.82) is 0 Å². The van der Waals surface area contributed by atoms with Crippen molar-refractivity contribution in [2.75, 3.05) is 43.1 Å². The van der Waals surface area contributed by atoms with E-state index in [0.717, 1.165) is 12.1 Å². The number of benzene rings is 3. The maximum absolute atomic E-state index is 13.4. The molecule has 0 atom stereocenters. The minimum absolute atomic E-state index is 0.0658. The Morgan fingerprint density at radius 3 is 1.91 bits per heavy atom. The Bertz CT molecular complexity index is 1500. The van der Waals surface area contributed by atoms with Crippen molar-refractivity contribution in [3.8, 4) is 0 Å². The summed E-state index contributed by atoms with van der Waals surface area (Å²) in [5, 5.41) is 19.3. The van der Waals surface area contributed by atoms with Gasteiger partial charge < -0.3 is 25.2 Å². The molecule has 0 aliphatic rings. The molecular weight excluding hydrogens is 576 g/mol. The van der Waals surface area contributed by atoms with Crippen molar-refractivity contribution in [1.82, 2.24) is 9.80 Å². The number of urea groups is 1. The molecular formula is C33H42N6O6. The fourth-order valence-corrected chi connectivity index (χ4v) is 4.78. The number of para-hydroxylation sites is 2. The Morgan fingerprint density at radius 2 is 1.38 bits per heavy atom. The van der Waals surface area contributed by atoms with Gasteiger partial charge in [-0.05, 0) is 82.2 Å². The highest BCUT2D eigenvalue weighted by atomic mass is 16.6. The van der Waals surface area contributed by atoms with Gasteiger partial charge in [0.1, 0.15) is 5.60 Å². The van der Waals surface area contributed by atoms with Gasteiger partial charge in [-0.2, -0.15) is 0 Å². The van der Waals surface area contributed by atoms with Crippen molar-refractivity contribution in [3.63, 3.8) is 0 Å². The van der Waals surface area contributed by atoms with Crippen LogP contribution in [0.5, 0.6) is 0 Å². The summed E-state index contributed by atoms with van der Waals surface area (Å²) >= 11 is 0. The van der Waals surface area contributed by atoms with E-state index in [1.807, 2.05) is 14.1 Å². The number of rotatable bonds is 11. The van der Waals surface area contributed by atoms with E-state index in [-0.39, 0.29) is 29.6 Å². The molecule has 0 fully saturated rings. The fourth-order valence-electron chi connectivity index (χ4n) is 4.78. The maximum Gasteiger partial charge on any atom is 0.412 e. The molecule has 0 heterocycles. The zero-order valence-electron chi connectivity index (χ0n) is 26.8. The molecule has 0 saturated heterocycles. The summed E-state index contributed by atoms with van der Waals surface area (Å²) in [4.78, 5) is 53.1. The van der Waals surface area contributed by atoms with Crippen LogP contribution in [0.3, 0.4) is 0 Å². The molecule has 0 aliphatic carbocycles. The second-order valence-corrected chi connectivity index (χ2v) is 12.8. The first-order valence-electron chi connectivity index (χ1n) is 14.5. The van der Waals surface area contributed by atoms with E-state index in [1.165, 1.54) is 24.3 Å². The summed E-state index contributed by atoms with van der Waals surface area (Å²) in [7, 11) is 3.94. The predicted octanol–water partition coefficient (Wildman–Crippen LogP) is 6.82. The normalized spacial score (nSPS) is 11.5. The van der Waals surface area contributed by atoms with Crippen molar-refractivity contribution in [3.05, 3.63) is 94.0 Å². The first-order valence-corrected chi connectivity index (χ1v) is 14.5. The van der Waals surface area contributed by atoms with E-state index in [2.05, 4.69) is 34.7 Å². The molecule has 240 valence electrons. The standard InChI is InChI=1S/C33H42N6O6/c1-32(2,3)45-31(42)36-28-11-9-8-10-27(28)35-29(40)24-14-12-23(13-15-24)20-38(22-33(4,5)21-37(6)7)30(41)34-25-16-18-26(19-17-25)39(43)44/h8-19H,20-22H2,1-7H3,(H,34,41)(H,35,40)(H,36,42). The molecule has 3 rings (SSSR count). The molecule has 3 aromatic carbocycles. The SMILES string of the molecule is CN(C)CC(C)(C)CN(Cc1ccc(C(=O)Nc2ccccc2NC(=O)OC(C)(C)C)cc1)C(=O)Nc1ccc([N+](=O)[O-])cc1. The molecule has 12 nitrogen and oxygen atoms in total. The molecule has 3 aromatic rings. The monoisotopic (exact) mass is 618 g/mol. The minimum atomic E-state index is -0.674. The lowest BCUT2D eigenvalue weighted by atomic mass is 9.92. The van der Waals surface area contributed by atoms with Gasteiger partial charge in [0, 0.05) is 43.0 Å². The molecule has 3 N–H and O–H groups in total. The number of anilines is 3. The molecule has 0 saturated carbocycles. The molecule has 0 radical (unpaired) electrons. The summed E-state index contributed by atoms with van der Waals surface area (Å²) in [6.07, 6.45) is -0.635. The Morgan fingerprint density at radius 1 is 0.800 bits per heavy atom. The van der Waals surface area contributed by atoms with Crippen molar-refractivity contribution >= 4 is 40.8 Å². The minimum Gasteiger partial charge on any atom is -0.444 e. The number of nitrogens with zero attached hydrogens (tertiary/aromatic N) is 3. The summed E-state index contributed by atoms with van der Waals surface area (Å²) in [6.45, 7) is 10.9. The fraction of sp³-hybridized carbons (Fsp3) is 0.364. The van der Waals surface area contributed by atoms with Crippen LogP contribution in [0.15, 0.2) is 72.8 Å². The molecule has 45 heavy (non-hydrogen) atoms. The van der Waals surface area contributed by atoms with Gasteiger partial charge in [0.25, 0.3) is 11.6 Å². The third-order valence-corrected chi connectivity index (χ3v) is 6.38. The van der Waals surface area contributed by atoms with E-state index in [4.69, 9.17) is 4.74 Å². The van der Waals surface area contributed by atoms with Crippen LogP contribution in [0.4, 0.5) is 32.3 Å². The Hall–Kier alpha value is -4.97. The van der Waals surface area contributed by atoms with Crippen molar-refractivity contribution in [2.24, 2.45) is 5.41 Å². The predicted molar refractivity (Wildman–Crippen MR) is 176 cm³/mol. The topological polar surface area (TPSA) is 146 Å². The van der Waals surface area contributed by atoms with Crippen LogP contribution in [0.25, 0.3) is 0 Å². The van der Waals surface area contributed by atoms with Gasteiger partial charge in [-0.1, -0.05) is 38.1 Å².